The minimum Gasteiger partial charge on any atom is -0.398 e. The zero-order valence-electron chi connectivity index (χ0n) is 29.0. The third-order valence-corrected chi connectivity index (χ3v) is 9.07. The average Bonchev–Trinajstić information content (AvgIpc) is 3.46. The number of nitrogens with one attached hydrogen (secondary N) is 2. The summed E-state index contributed by atoms with van der Waals surface area (Å²) in [7, 11) is 0. The monoisotopic (exact) mass is 644 g/mol. The van der Waals surface area contributed by atoms with Gasteiger partial charge in [-0.2, -0.15) is 0 Å². The molecule has 4 nitrogen and oxygen atoms in total. The van der Waals surface area contributed by atoms with E-state index in [1.807, 2.05) is 49.6 Å². The molecule has 1 unspecified atom stereocenters. The quantitative estimate of drug-likeness (QED) is 0.120. The van der Waals surface area contributed by atoms with Crippen LogP contribution < -0.4 is 16.4 Å². The maximum absolute atomic E-state index is 6.64. The molecular weight excluding hydrogens is 597 g/mol. The van der Waals surface area contributed by atoms with Crippen LogP contribution in [-0.2, 0) is 12.8 Å². The van der Waals surface area contributed by atoms with Gasteiger partial charge in [-0.3, -0.25) is 0 Å². The fourth-order valence-electron chi connectivity index (χ4n) is 6.62. The molecule has 248 valence electrons. The van der Waals surface area contributed by atoms with Gasteiger partial charge in [-0.15, -0.1) is 0 Å². The van der Waals surface area contributed by atoms with Crippen molar-refractivity contribution in [1.82, 2.24) is 15.2 Å². The third-order valence-electron chi connectivity index (χ3n) is 9.07. The summed E-state index contributed by atoms with van der Waals surface area (Å²) in [5.41, 5.74) is 18.8. The molecule has 0 amide bonds. The van der Waals surface area contributed by atoms with Crippen LogP contribution in [0.1, 0.15) is 55.1 Å². The van der Waals surface area contributed by atoms with Crippen LogP contribution >= 0.6 is 0 Å². The molecular formula is C45H48N4. The number of aromatic nitrogens is 1. The number of nitrogens with two attached hydrogens (primary N) is 1. The first-order valence-corrected chi connectivity index (χ1v) is 17.1. The summed E-state index contributed by atoms with van der Waals surface area (Å²) in [5.74, 6) is 0. The second-order valence-corrected chi connectivity index (χ2v) is 11.9. The smallest absolute Gasteiger partial charge is 0.0696 e. The zero-order chi connectivity index (χ0) is 34.8. The largest absolute Gasteiger partial charge is 0.398 e. The molecule has 1 aliphatic heterocycles. The van der Waals surface area contributed by atoms with Crippen molar-refractivity contribution >= 4 is 28.6 Å². The summed E-state index contributed by atoms with van der Waals surface area (Å²) in [4.78, 5) is 0. The lowest BCUT2D eigenvalue weighted by Gasteiger charge is -2.20. The van der Waals surface area contributed by atoms with Crippen molar-refractivity contribution in [3.05, 3.63) is 181 Å². The van der Waals surface area contributed by atoms with Crippen molar-refractivity contribution < 1.29 is 0 Å². The lowest BCUT2D eigenvalue weighted by Crippen LogP contribution is -2.25. The maximum atomic E-state index is 6.64. The van der Waals surface area contributed by atoms with E-state index in [0.29, 0.717) is 5.70 Å². The summed E-state index contributed by atoms with van der Waals surface area (Å²) in [6, 6.07) is 21.7. The van der Waals surface area contributed by atoms with Crippen molar-refractivity contribution in [2.24, 2.45) is 5.73 Å². The van der Waals surface area contributed by atoms with Gasteiger partial charge in [-0.05, 0) is 95.7 Å². The fourth-order valence-corrected chi connectivity index (χ4v) is 6.62. The highest BCUT2D eigenvalue weighted by Gasteiger charge is 2.25. The van der Waals surface area contributed by atoms with Crippen LogP contribution in [0.5, 0.6) is 0 Å². The molecule has 49 heavy (non-hydrogen) atoms. The molecule has 3 aromatic carbocycles. The third kappa shape index (κ3) is 7.39. The van der Waals surface area contributed by atoms with Crippen molar-refractivity contribution in [2.75, 3.05) is 0 Å². The molecule has 4 heteroatoms. The summed E-state index contributed by atoms with van der Waals surface area (Å²) in [6.45, 7) is 18.8. The molecule has 0 saturated carbocycles. The number of benzene rings is 3. The van der Waals surface area contributed by atoms with Gasteiger partial charge < -0.3 is 20.9 Å². The molecule has 0 spiro atoms. The fraction of sp³-hybridized carbons (Fsp3) is 0.156. The minimum absolute atomic E-state index is 0.0336. The van der Waals surface area contributed by atoms with Crippen LogP contribution in [0.2, 0.25) is 0 Å². The van der Waals surface area contributed by atoms with Gasteiger partial charge in [0.05, 0.1) is 23.1 Å². The van der Waals surface area contributed by atoms with Crippen LogP contribution in [0.15, 0.2) is 153 Å². The Bertz CT molecular complexity index is 2030. The van der Waals surface area contributed by atoms with Crippen LogP contribution in [0.25, 0.3) is 45.6 Å². The predicted molar refractivity (Wildman–Crippen MR) is 214 cm³/mol. The van der Waals surface area contributed by atoms with E-state index in [9.17, 15) is 0 Å². The van der Waals surface area contributed by atoms with Crippen LogP contribution in [0.4, 0.5) is 0 Å². The molecule has 1 aliphatic rings. The van der Waals surface area contributed by atoms with Gasteiger partial charge in [-0.25, -0.2) is 0 Å². The van der Waals surface area contributed by atoms with Gasteiger partial charge in [0.2, 0.25) is 0 Å². The van der Waals surface area contributed by atoms with Gasteiger partial charge in [0.1, 0.15) is 0 Å². The lowest BCUT2D eigenvalue weighted by atomic mass is 9.94. The Balaban J connectivity index is 1.73. The van der Waals surface area contributed by atoms with Gasteiger partial charge in [0, 0.05) is 28.8 Å². The van der Waals surface area contributed by atoms with E-state index in [2.05, 4.69) is 134 Å². The number of allylic oxidation sites excluding steroid dienone is 6. The highest BCUT2D eigenvalue weighted by molar-refractivity contribution is 5.93. The zero-order valence-corrected chi connectivity index (χ0v) is 29.0. The molecule has 0 aliphatic carbocycles. The number of dihydropyridines is 1. The predicted octanol–water partition coefficient (Wildman–Crippen LogP) is 10.6. The van der Waals surface area contributed by atoms with Crippen molar-refractivity contribution in [1.29, 1.82) is 0 Å². The highest BCUT2D eigenvalue weighted by Crippen LogP contribution is 2.41. The topological polar surface area (TPSA) is 55.0 Å². The van der Waals surface area contributed by atoms with Crippen LogP contribution in [0.3, 0.4) is 0 Å². The van der Waals surface area contributed by atoms with Crippen molar-refractivity contribution in [2.45, 2.75) is 46.1 Å². The van der Waals surface area contributed by atoms with Crippen molar-refractivity contribution in [3.8, 4) is 16.9 Å². The van der Waals surface area contributed by atoms with E-state index in [-0.39, 0.29) is 6.04 Å². The Morgan fingerprint density at radius 3 is 2.47 bits per heavy atom. The summed E-state index contributed by atoms with van der Waals surface area (Å²) < 4.78 is 2.46. The first kappa shape index (κ1) is 34.6. The molecule has 0 radical (unpaired) electrons. The number of hydrogen-bond acceptors (Lipinski definition) is 3. The second kappa shape index (κ2) is 16.4. The molecule has 4 N–H and O–H groups in total. The first-order valence-electron chi connectivity index (χ1n) is 17.1. The second-order valence-electron chi connectivity index (χ2n) is 11.9. The van der Waals surface area contributed by atoms with Crippen molar-refractivity contribution in [3.63, 3.8) is 0 Å². The molecule has 0 saturated heterocycles. The summed E-state index contributed by atoms with van der Waals surface area (Å²) in [6.07, 6.45) is 26.8. The molecule has 4 aromatic rings. The highest BCUT2D eigenvalue weighted by atomic mass is 15.0. The SMILES string of the molecule is C=CN/C(=C\C)C/C=C\C=C(/N)c1ccc(-c2c(CC)c(CC)c(/C=C(\C=C)C3C=CC=CN3)n2-c2cccc3ccccc23)c(C=C)c1. The number of rotatable bonds is 14. The Kier molecular flexibility index (Phi) is 11.6. The molecule has 5 rings (SSSR count). The summed E-state index contributed by atoms with van der Waals surface area (Å²) in [5, 5.41) is 9.04. The molecule has 2 heterocycles. The van der Waals surface area contributed by atoms with Gasteiger partial charge in [-0.1, -0.05) is 125 Å². The van der Waals surface area contributed by atoms with E-state index in [0.717, 1.165) is 52.9 Å². The van der Waals surface area contributed by atoms with Gasteiger partial charge >= 0.3 is 0 Å². The number of hydrogen-bond donors (Lipinski definition) is 3. The Labute approximate surface area is 292 Å². The molecule has 0 bridgehead atoms. The summed E-state index contributed by atoms with van der Waals surface area (Å²) >= 11 is 0. The van der Waals surface area contributed by atoms with E-state index in [1.165, 1.54) is 33.3 Å². The lowest BCUT2D eigenvalue weighted by molar-refractivity contribution is 0.804. The number of nitrogens with zero attached hydrogens (tertiary/aromatic N) is 1. The molecule has 1 aromatic heterocycles. The maximum Gasteiger partial charge on any atom is 0.0696 e. The van der Waals surface area contributed by atoms with Crippen LogP contribution in [-0.4, -0.2) is 10.6 Å². The molecule has 0 fully saturated rings. The molecule has 1 atom stereocenters. The average molecular weight is 645 g/mol. The van der Waals surface area contributed by atoms with Gasteiger partial charge in [0.25, 0.3) is 0 Å². The first-order chi connectivity index (χ1) is 24.0. The Morgan fingerprint density at radius 2 is 1.78 bits per heavy atom. The van der Waals surface area contributed by atoms with E-state index in [1.54, 1.807) is 6.20 Å². The normalized spacial score (nSPS) is 15.1. The van der Waals surface area contributed by atoms with Crippen LogP contribution in [0, 0.1) is 0 Å². The number of fused-ring (bicyclic) bond motifs is 1. The van der Waals surface area contributed by atoms with Gasteiger partial charge in [0.15, 0.2) is 0 Å². The Morgan fingerprint density at radius 1 is 0.980 bits per heavy atom. The minimum atomic E-state index is 0.0336. The van der Waals surface area contributed by atoms with E-state index >= 15 is 0 Å². The Hall–Kier alpha value is -5.74. The standard InChI is InChI=1S/C45H48N4/c1-7-32-30-35(41(46)24-16-14-22-36(9-3)47-12-6)27-28-40(32)45-38(11-5)37(10-4)44(31-33(8-2)42-25-17-18-29-48-42)49(45)43-26-19-21-34-20-13-15-23-39(34)43/h7-9,12-21,23-31,42,47-48H,1-2,6,10-11,22,46H2,3-5H3/b16-14-,33-31+,36-9-,41-24-. The van der Waals surface area contributed by atoms with E-state index in [4.69, 9.17) is 5.73 Å². The van der Waals surface area contributed by atoms with E-state index < -0.39 is 0 Å².